The van der Waals surface area contributed by atoms with Crippen molar-refractivity contribution < 1.29 is 18.8 Å². The maximum Gasteiger partial charge on any atom is 0.293 e. The maximum atomic E-state index is 14.6. The molecule has 10 heteroatoms. The van der Waals surface area contributed by atoms with Crippen molar-refractivity contribution in [2.24, 2.45) is 0 Å². The molecule has 38 heavy (non-hydrogen) atoms. The van der Waals surface area contributed by atoms with Crippen molar-refractivity contribution in [3.05, 3.63) is 89.1 Å². The van der Waals surface area contributed by atoms with E-state index in [0.29, 0.717) is 49.8 Å². The number of fused-ring (bicyclic) bond motifs is 8. The zero-order chi connectivity index (χ0) is 25.9. The second kappa shape index (κ2) is 8.54. The molecule has 1 fully saturated rings. The smallest absolute Gasteiger partial charge is 0.293 e. The molecule has 10 nitrogen and oxygen atoms in total. The first-order valence-corrected chi connectivity index (χ1v) is 12.8. The van der Waals surface area contributed by atoms with E-state index in [9.17, 15) is 9.59 Å². The van der Waals surface area contributed by atoms with Crippen LogP contribution in [0.4, 0.5) is 5.69 Å². The number of aromatic nitrogens is 4. The van der Waals surface area contributed by atoms with E-state index in [1.54, 1.807) is 27.5 Å². The fourth-order valence-corrected chi connectivity index (χ4v) is 6.21. The first kappa shape index (κ1) is 22.7. The molecule has 6 bridgehead atoms. The van der Waals surface area contributed by atoms with Crippen LogP contribution in [0.3, 0.4) is 0 Å². The van der Waals surface area contributed by atoms with Gasteiger partial charge in [-0.2, -0.15) is 0 Å². The molecular formula is C28H26N6O4. The van der Waals surface area contributed by atoms with Gasteiger partial charge in [-0.05, 0) is 42.7 Å². The molecule has 3 aliphatic rings. The lowest BCUT2D eigenvalue weighted by molar-refractivity contribution is -0.124. The number of carbonyl (C=O) groups excluding carboxylic acids is 2. The fourth-order valence-electron chi connectivity index (χ4n) is 6.21. The highest BCUT2D eigenvalue weighted by molar-refractivity contribution is 6.09. The third kappa shape index (κ3) is 3.36. The van der Waals surface area contributed by atoms with E-state index >= 15 is 0 Å². The van der Waals surface area contributed by atoms with E-state index in [0.717, 1.165) is 23.2 Å². The minimum atomic E-state index is -0.976. The van der Waals surface area contributed by atoms with Crippen LogP contribution in [-0.2, 0) is 23.3 Å². The van der Waals surface area contributed by atoms with Crippen LogP contribution in [0.5, 0.6) is 5.75 Å². The summed E-state index contributed by atoms with van der Waals surface area (Å²) in [5.41, 5.74) is 2.94. The minimum Gasteiger partial charge on any atom is -0.494 e. The van der Waals surface area contributed by atoms with Crippen molar-refractivity contribution in [3.63, 3.8) is 0 Å². The third-order valence-corrected chi connectivity index (χ3v) is 7.81. The summed E-state index contributed by atoms with van der Waals surface area (Å²) in [4.78, 5) is 32.0. The van der Waals surface area contributed by atoms with Crippen LogP contribution in [-0.4, -0.2) is 50.0 Å². The number of amides is 2. The number of benzene rings is 2. The Labute approximate surface area is 218 Å². The topological polar surface area (TPSA) is 107 Å². The number of carbonyl (C=O) groups is 2. The molecular weight excluding hydrogens is 484 g/mol. The van der Waals surface area contributed by atoms with Gasteiger partial charge in [-0.25, -0.2) is 0 Å². The molecule has 1 saturated heterocycles. The number of hydrogen-bond acceptors (Lipinski definition) is 7. The lowest BCUT2D eigenvalue weighted by atomic mass is 9.72. The molecule has 2 amide bonds. The van der Waals surface area contributed by atoms with Crippen molar-refractivity contribution in [2.45, 2.75) is 44.3 Å². The van der Waals surface area contributed by atoms with Crippen molar-refractivity contribution in [3.8, 4) is 5.75 Å². The van der Waals surface area contributed by atoms with Crippen LogP contribution in [0.2, 0.25) is 0 Å². The fraction of sp³-hybridized carbons (Fsp3) is 0.321. The van der Waals surface area contributed by atoms with Crippen molar-refractivity contribution >= 4 is 17.5 Å². The third-order valence-electron chi connectivity index (χ3n) is 7.81. The van der Waals surface area contributed by atoms with Gasteiger partial charge in [-0.3, -0.25) is 14.3 Å². The molecule has 0 saturated carbocycles. The molecule has 0 radical (unpaired) electrons. The van der Waals surface area contributed by atoms with Crippen molar-refractivity contribution in [1.29, 1.82) is 0 Å². The standard InChI is InChI=1S/C28H26N6O4/c1-18-14-24(38-30-18)26(35)33-12-10-28-22-8-2-3-9-23(22)34(27(28)36)17-20-16-32(31-29-20)11-5-13-37-21-7-4-6-19(15-21)25(28)33/h2-4,6-9,14-16,25H,5,10-13,17H2,1H3/t25-,28+/m0/s1. The number of aryl methyl sites for hydroxylation is 2. The normalized spacial score (nSPS) is 22.3. The van der Waals surface area contributed by atoms with Crippen LogP contribution >= 0.6 is 0 Å². The number of rotatable bonds is 1. The molecule has 192 valence electrons. The first-order valence-electron chi connectivity index (χ1n) is 12.8. The summed E-state index contributed by atoms with van der Waals surface area (Å²) >= 11 is 0. The molecule has 5 heterocycles. The predicted octanol–water partition coefficient (Wildman–Crippen LogP) is 3.43. The Morgan fingerprint density at radius 3 is 2.87 bits per heavy atom. The van der Waals surface area contributed by atoms with Gasteiger partial charge in [0.2, 0.25) is 11.7 Å². The van der Waals surface area contributed by atoms with Gasteiger partial charge in [0.15, 0.2) is 0 Å². The predicted molar refractivity (Wildman–Crippen MR) is 136 cm³/mol. The Bertz CT molecular complexity index is 1560. The molecule has 7 rings (SSSR count). The highest BCUT2D eigenvalue weighted by atomic mass is 16.5. The summed E-state index contributed by atoms with van der Waals surface area (Å²) in [7, 11) is 0. The number of para-hydroxylation sites is 1. The van der Waals surface area contributed by atoms with Gasteiger partial charge in [0.25, 0.3) is 5.91 Å². The Hall–Kier alpha value is -4.47. The number of anilines is 1. The number of likely N-dealkylation sites (tertiary alicyclic amines) is 1. The summed E-state index contributed by atoms with van der Waals surface area (Å²) in [6, 6.07) is 16.7. The maximum absolute atomic E-state index is 14.6. The first-order chi connectivity index (χ1) is 18.5. The van der Waals surface area contributed by atoms with E-state index in [1.165, 1.54) is 0 Å². The molecule has 2 aromatic heterocycles. The SMILES string of the molecule is Cc1cc(C(=O)N2CC[C@]34C(=O)N(Cc5cn(nn5)CCCOc5cccc(c5)[C@H]23)c2ccccc24)on1. The molecule has 2 atom stereocenters. The summed E-state index contributed by atoms with van der Waals surface area (Å²) in [5, 5.41) is 12.5. The van der Waals surface area contributed by atoms with Gasteiger partial charge in [0.1, 0.15) is 16.9 Å². The molecule has 0 unspecified atom stereocenters. The van der Waals surface area contributed by atoms with Crippen LogP contribution in [0.25, 0.3) is 0 Å². The van der Waals surface area contributed by atoms with Gasteiger partial charge in [0.05, 0.1) is 31.1 Å². The number of ether oxygens (including phenoxy) is 1. The summed E-state index contributed by atoms with van der Waals surface area (Å²) in [6.45, 7) is 3.63. The average molecular weight is 511 g/mol. The summed E-state index contributed by atoms with van der Waals surface area (Å²) in [6.07, 6.45) is 3.11. The van der Waals surface area contributed by atoms with E-state index in [1.807, 2.05) is 54.7 Å². The molecule has 0 N–H and O–H groups in total. The minimum absolute atomic E-state index is 0.0523. The molecule has 2 aromatic carbocycles. The largest absolute Gasteiger partial charge is 0.494 e. The van der Waals surface area contributed by atoms with Crippen molar-refractivity contribution in [2.75, 3.05) is 18.1 Å². The van der Waals surface area contributed by atoms with E-state index in [4.69, 9.17) is 9.26 Å². The zero-order valence-corrected chi connectivity index (χ0v) is 20.9. The van der Waals surface area contributed by atoms with Gasteiger partial charge in [-0.1, -0.05) is 40.7 Å². The second-order valence-corrected chi connectivity index (χ2v) is 10.1. The van der Waals surface area contributed by atoms with Crippen LogP contribution < -0.4 is 9.64 Å². The summed E-state index contributed by atoms with van der Waals surface area (Å²) in [5.74, 6) is 0.513. The van der Waals surface area contributed by atoms with Crippen LogP contribution in [0.1, 0.15) is 52.0 Å². The molecule has 1 spiro atoms. The average Bonchev–Trinajstić information content (AvgIpc) is 3.71. The zero-order valence-electron chi connectivity index (χ0n) is 20.9. The number of nitrogens with zero attached hydrogens (tertiary/aromatic N) is 6. The van der Waals surface area contributed by atoms with Gasteiger partial charge in [0, 0.05) is 31.3 Å². The lowest BCUT2D eigenvalue weighted by Crippen LogP contribution is -2.45. The summed E-state index contributed by atoms with van der Waals surface area (Å²) < 4.78 is 13.2. The Kier molecular flexibility index (Phi) is 5.10. The Balaban J connectivity index is 1.42. The number of hydrogen-bond donors (Lipinski definition) is 0. The molecule has 0 aliphatic carbocycles. The van der Waals surface area contributed by atoms with E-state index in [-0.39, 0.29) is 17.6 Å². The Morgan fingerprint density at radius 2 is 2.00 bits per heavy atom. The highest BCUT2D eigenvalue weighted by Crippen LogP contribution is 2.57. The molecule has 4 aromatic rings. The van der Waals surface area contributed by atoms with Crippen LogP contribution in [0.15, 0.2) is 65.3 Å². The van der Waals surface area contributed by atoms with Gasteiger partial charge >= 0.3 is 0 Å². The van der Waals surface area contributed by atoms with Crippen LogP contribution in [0, 0.1) is 6.92 Å². The molecule has 3 aliphatic heterocycles. The lowest BCUT2D eigenvalue weighted by Gasteiger charge is -2.35. The Morgan fingerprint density at radius 1 is 1.11 bits per heavy atom. The van der Waals surface area contributed by atoms with Gasteiger partial charge < -0.3 is 19.1 Å². The van der Waals surface area contributed by atoms with Gasteiger partial charge in [-0.15, -0.1) is 5.10 Å². The second-order valence-electron chi connectivity index (χ2n) is 10.1. The van der Waals surface area contributed by atoms with E-state index < -0.39 is 11.5 Å². The van der Waals surface area contributed by atoms with Crippen molar-refractivity contribution in [1.82, 2.24) is 25.1 Å². The monoisotopic (exact) mass is 510 g/mol. The quantitative estimate of drug-likeness (QED) is 0.386. The highest BCUT2D eigenvalue weighted by Gasteiger charge is 2.62. The van der Waals surface area contributed by atoms with E-state index in [2.05, 4.69) is 15.5 Å².